The molecule has 0 rings (SSSR count). The van der Waals surface area contributed by atoms with E-state index in [1.54, 1.807) is 0 Å². The van der Waals surface area contributed by atoms with E-state index in [1.807, 2.05) is 0 Å². The van der Waals surface area contributed by atoms with E-state index in [0.29, 0.717) is 6.61 Å². The molecule has 1 unspecified atom stereocenters. The summed E-state index contributed by atoms with van der Waals surface area (Å²) in [6.07, 6.45) is 0. The molecule has 0 aliphatic rings. The molecule has 0 heterocycles. The van der Waals surface area contributed by atoms with Crippen LogP contribution in [0.5, 0.6) is 0 Å². The van der Waals surface area contributed by atoms with Gasteiger partial charge in [-0.15, -0.1) is 0 Å². The van der Waals surface area contributed by atoms with Crippen molar-refractivity contribution in [1.82, 2.24) is 0 Å². The summed E-state index contributed by atoms with van der Waals surface area (Å²) in [6.45, 7) is 0.452. The van der Waals surface area contributed by atoms with Gasteiger partial charge in [0.05, 0.1) is 0 Å². The third-order valence-corrected chi connectivity index (χ3v) is 18.6. The molecular weight excluding hydrogens is 362 g/mol. The number of aliphatic hydroxyl groups excluding tert-OH is 1. The minimum absolute atomic E-state index is 0.452. The molecule has 3 heteroatoms. The Morgan fingerprint density at radius 3 is 1.50 bits per heavy atom. The van der Waals surface area contributed by atoms with Gasteiger partial charge < -0.3 is 0 Å². The zero-order chi connectivity index (χ0) is 9.99. The first-order valence-corrected chi connectivity index (χ1v) is 25.6. The van der Waals surface area contributed by atoms with Crippen molar-refractivity contribution in [3.8, 4) is 0 Å². The topological polar surface area (TPSA) is 20.2 Å². The molecule has 1 nitrogen and oxygen atoms in total. The average Bonchev–Trinajstić information content (AvgIpc) is 1.78. The van der Waals surface area contributed by atoms with Crippen LogP contribution >= 0.6 is 0 Å². The summed E-state index contributed by atoms with van der Waals surface area (Å²) in [5, 5.41) is 9.31. The van der Waals surface area contributed by atoms with Crippen molar-refractivity contribution in [3.63, 3.8) is 0 Å². The molecule has 0 aromatic rings. The van der Waals surface area contributed by atoms with E-state index in [1.165, 1.54) is 4.44 Å². The fraction of sp³-hybridized carbons (Fsp3) is 1.00. The van der Waals surface area contributed by atoms with E-state index in [2.05, 4.69) is 29.6 Å². The number of aliphatic hydroxyl groups is 1. The Morgan fingerprint density at radius 1 is 1.00 bits per heavy atom. The van der Waals surface area contributed by atoms with Gasteiger partial charge in [-0.3, -0.25) is 0 Å². The molecule has 0 aromatic carbocycles. The summed E-state index contributed by atoms with van der Waals surface area (Å²) < 4.78 is 2.11. The second-order valence-corrected chi connectivity index (χ2v) is 37.6. The Hall–Kier alpha value is 1.56. The van der Waals surface area contributed by atoms with Gasteiger partial charge in [0.15, 0.2) is 0 Å². The Balaban J connectivity index is 4.20. The molecule has 0 bridgehead atoms. The van der Waals surface area contributed by atoms with Crippen LogP contribution in [0.15, 0.2) is 0 Å². The van der Waals surface area contributed by atoms with E-state index < -0.39 is 36.8 Å². The van der Waals surface area contributed by atoms with Crippen LogP contribution in [0.3, 0.4) is 0 Å². The van der Waals surface area contributed by atoms with Crippen LogP contribution in [0.2, 0.25) is 38.0 Å². The van der Waals surface area contributed by atoms with Crippen molar-refractivity contribution in [2.75, 3.05) is 6.61 Å². The quantitative estimate of drug-likeness (QED) is 0.738. The van der Waals surface area contributed by atoms with Crippen molar-refractivity contribution >= 4 is 36.8 Å². The second kappa shape index (κ2) is 4.87. The monoisotopic (exact) mass is 388 g/mol. The predicted octanol–water partition coefficient (Wildman–Crippen LogP) is 3.03. The molecule has 1 N–H and O–H groups in total. The zero-order valence-corrected chi connectivity index (χ0v) is 15.1. The van der Waals surface area contributed by atoms with Crippen LogP contribution in [0, 0.1) is 0 Å². The van der Waals surface area contributed by atoms with E-state index in [0.717, 1.165) is 3.93 Å². The second-order valence-electron chi connectivity index (χ2n) is 6.01. The van der Waals surface area contributed by atoms with Crippen molar-refractivity contribution in [1.29, 1.82) is 0 Å². The molecule has 0 spiro atoms. The SMILES string of the molecule is [CH3][Sn]([CH3])([CH3])[CH2][CH](CO)[Sn]([CH3])([CH3])[CH3]. The Labute approximate surface area is 85.7 Å². The fourth-order valence-corrected chi connectivity index (χ4v) is 32.7. The summed E-state index contributed by atoms with van der Waals surface area (Å²) in [6, 6.07) is 0. The van der Waals surface area contributed by atoms with Crippen LogP contribution in [-0.4, -0.2) is 48.5 Å². The van der Waals surface area contributed by atoms with Crippen molar-refractivity contribution < 1.29 is 5.11 Å². The normalized spacial score (nSPS) is 16.2. The maximum atomic E-state index is 9.31. The van der Waals surface area contributed by atoms with Crippen molar-refractivity contribution in [3.05, 3.63) is 0 Å². The third kappa shape index (κ3) is 6.08. The maximum absolute atomic E-state index is 9.31. The van der Waals surface area contributed by atoms with Crippen LogP contribution in [0.25, 0.3) is 0 Å². The minimum atomic E-state index is -1.80. The first kappa shape index (κ1) is 13.6. The summed E-state index contributed by atoms with van der Waals surface area (Å²) in [5.74, 6) is 0. The van der Waals surface area contributed by atoms with Crippen molar-refractivity contribution in [2.24, 2.45) is 0 Å². The average molecular weight is 386 g/mol. The van der Waals surface area contributed by atoms with E-state index in [4.69, 9.17) is 0 Å². The summed E-state index contributed by atoms with van der Waals surface area (Å²) in [7, 11) is 0. The molecule has 0 amide bonds. The molecule has 0 saturated heterocycles. The molecule has 0 radical (unpaired) electrons. The molecular formula is C9H24OSn2. The molecule has 0 aromatic heterocycles. The van der Waals surface area contributed by atoms with Gasteiger partial charge in [0.25, 0.3) is 0 Å². The Kier molecular flexibility index (Phi) is 5.50. The summed E-state index contributed by atoms with van der Waals surface area (Å²) in [4.78, 5) is 14.7. The molecule has 12 heavy (non-hydrogen) atoms. The van der Waals surface area contributed by atoms with Gasteiger partial charge in [0.2, 0.25) is 0 Å². The van der Waals surface area contributed by atoms with Gasteiger partial charge in [-0.25, -0.2) is 0 Å². The standard InChI is InChI=1S/C3H6O.6CH3.2Sn/c1-2-3-4;;;;;;;;/h2,4H,1,3H2;6*1H3;;. The van der Waals surface area contributed by atoms with Gasteiger partial charge >= 0.3 is 86.5 Å². The van der Waals surface area contributed by atoms with Gasteiger partial charge in [-0.1, -0.05) is 0 Å². The first-order chi connectivity index (χ1) is 5.17. The van der Waals surface area contributed by atoms with Crippen LogP contribution in [0.4, 0.5) is 0 Å². The summed E-state index contributed by atoms with van der Waals surface area (Å²) in [5.41, 5.74) is 0. The van der Waals surface area contributed by atoms with Crippen LogP contribution in [-0.2, 0) is 0 Å². The van der Waals surface area contributed by atoms with Crippen LogP contribution < -0.4 is 0 Å². The van der Waals surface area contributed by atoms with Gasteiger partial charge in [0.1, 0.15) is 0 Å². The van der Waals surface area contributed by atoms with Crippen molar-refractivity contribution in [2.45, 2.75) is 38.0 Å². The molecule has 0 aliphatic carbocycles. The van der Waals surface area contributed by atoms with E-state index in [-0.39, 0.29) is 0 Å². The molecule has 0 saturated carbocycles. The number of hydrogen-bond donors (Lipinski definition) is 1. The molecule has 0 fully saturated rings. The van der Waals surface area contributed by atoms with E-state index >= 15 is 0 Å². The van der Waals surface area contributed by atoms with E-state index in [9.17, 15) is 5.11 Å². The third-order valence-electron chi connectivity index (χ3n) is 2.30. The predicted molar refractivity (Wildman–Crippen MR) is 62.3 cm³/mol. The Morgan fingerprint density at radius 2 is 1.42 bits per heavy atom. The van der Waals surface area contributed by atoms with Gasteiger partial charge in [0, 0.05) is 0 Å². The number of rotatable bonds is 4. The number of hydrogen-bond acceptors (Lipinski definition) is 1. The summed E-state index contributed by atoms with van der Waals surface area (Å²) >= 11 is -3.44. The van der Waals surface area contributed by atoms with Crippen LogP contribution in [0.1, 0.15) is 0 Å². The molecule has 0 aliphatic heterocycles. The van der Waals surface area contributed by atoms with Gasteiger partial charge in [-0.05, 0) is 0 Å². The fourth-order valence-electron chi connectivity index (χ4n) is 1.38. The molecule has 1 atom stereocenters. The molecule has 74 valence electrons. The van der Waals surface area contributed by atoms with Gasteiger partial charge in [-0.2, -0.15) is 0 Å². The first-order valence-electron chi connectivity index (χ1n) is 4.77. The zero-order valence-electron chi connectivity index (χ0n) is 9.44. The Bertz CT molecular complexity index is 132.